The number of carbonyl (C=O) groups is 1. The number of fused-ring (bicyclic) bond motifs is 2. The Morgan fingerprint density at radius 1 is 0.903 bits per heavy atom. The smallest absolute Gasteiger partial charge is 0.336 e. The molecule has 154 valence electrons. The highest BCUT2D eigenvalue weighted by atomic mass is 19.1. The average Bonchev–Trinajstić information content (AvgIpc) is 3.24. The minimum absolute atomic E-state index is 0.188. The summed E-state index contributed by atoms with van der Waals surface area (Å²) >= 11 is 0. The maximum absolute atomic E-state index is 13.1. The number of aryl methyl sites for hydroxylation is 2. The minimum atomic E-state index is -0.399. The fraction of sp³-hybridized carbons (Fsp3) is 0.154. The van der Waals surface area contributed by atoms with Crippen molar-refractivity contribution in [2.24, 2.45) is 0 Å². The van der Waals surface area contributed by atoms with Crippen LogP contribution in [0.15, 0.2) is 75.9 Å². The maximum Gasteiger partial charge on any atom is 0.336 e. The van der Waals surface area contributed by atoms with Gasteiger partial charge in [0.1, 0.15) is 23.8 Å². The van der Waals surface area contributed by atoms with E-state index in [1.54, 1.807) is 24.3 Å². The van der Waals surface area contributed by atoms with Crippen molar-refractivity contribution in [3.05, 3.63) is 111 Å². The summed E-state index contributed by atoms with van der Waals surface area (Å²) in [7, 11) is 0. The number of benzene rings is 3. The van der Waals surface area contributed by atoms with Crippen LogP contribution >= 0.6 is 0 Å². The second-order valence-electron chi connectivity index (χ2n) is 7.71. The quantitative estimate of drug-likeness (QED) is 0.331. The van der Waals surface area contributed by atoms with Crippen LogP contribution in [-0.4, -0.2) is 5.78 Å². The molecular weight excluding hydrogens is 395 g/mol. The number of ether oxygens (including phenoxy) is 1. The first kappa shape index (κ1) is 19.2. The van der Waals surface area contributed by atoms with Crippen LogP contribution in [0.1, 0.15) is 39.0 Å². The van der Waals surface area contributed by atoms with Gasteiger partial charge in [0.2, 0.25) is 0 Å². The molecule has 0 radical (unpaired) electrons. The molecule has 0 amide bonds. The van der Waals surface area contributed by atoms with Crippen LogP contribution < -0.4 is 10.4 Å². The second-order valence-corrected chi connectivity index (χ2v) is 7.71. The van der Waals surface area contributed by atoms with Gasteiger partial charge in [-0.2, -0.15) is 0 Å². The van der Waals surface area contributed by atoms with Crippen molar-refractivity contribution in [3.8, 4) is 5.75 Å². The summed E-state index contributed by atoms with van der Waals surface area (Å²) in [6.07, 6.45) is 3.16. The van der Waals surface area contributed by atoms with E-state index in [9.17, 15) is 14.0 Å². The first-order valence-corrected chi connectivity index (χ1v) is 10.2. The largest absolute Gasteiger partial charge is 0.489 e. The first-order valence-electron chi connectivity index (χ1n) is 10.2. The van der Waals surface area contributed by atoms with Crippen LogP contribution in [0.4, 0.5) is 4.39 Å². The molecule has 4 aromatic rings. The lowest BCUT2D eigenvalue weighted by Crippen LogP contribution is -2.05. The third kappa shape index (κ3) is 3.87. The molecule has 1 aliphatic carbocycles. The molecule has 0 fully saturated rings. The van der Waals surface area contributed by atoms with Crippen LogP contribution in [0.25, 0.3) is 11.0 Å². The molecular formula is C26H19FO4. The van der Waals surface area contributed by atoms with Crippen LogP contribution in [-0.2, 0) is 19.4 Å². The Bertz CT molecular complexity index is 1340. The summed E-state index contributed by atoms with van der Waals surface area (Å²) in [5.41, 5.74) is 4.41. The molecule has 0 aliphatic heterocycles. The van der Waals surface area contributed by atoms with E-state index in [2.05, 4.69) is 6.07 Å². The summed E-state index contributed by atoms with van der Waals surface area (Å²) in [6.45, 7) is 0.214. The second kappa shape index (κ2) is 7.84. The van der Waals surface area contributed by atoms with Gasteiger partial charge in [0.05, 0.1) is 0 Å². The zero-order chi connectivity index (χ0) is 21.4. The molecule has 1 aliphatic rings. The Morgan fingerprint density at radius 3 is 2.26 bits per heavy atom. The van der Waals surface area contributed by atoms with Gasteiger partial charge in [0.25, 0.3) is 0 Å². The molecule has 1 aromatic heterocycles. The van der Waals surface area contributed by atoms with Crippen molar-refractivity contribution in [2.45, 2.75) is 25.9 Å². The van der Waals surface area contributed by atoms with E-state index in [-0.39, 0.29) is 18.2 Å². The Morgan fingerprint density at radius 2 is 1.55 bits per heavy atom. The Balaban J connectivity index is 1.35. The van der Waals surface area contributed by atoms with Gasteiger partial charge in [-0.1, -0.05) is 0 Å². The molecule has 4 nitrogen and oxygen atoms in total. The molecule has 0 spiro atoms. The fourth-order valence-electron chi connectivity index (χ4n) is 4.05. The predicted molar refractivity (Wildman–Crippen MR) is 115 cm³/mol. The molecule has 0 unspecified atom stereocenters. The van der Waals surface area contributed by atoms with Crippen molar-refractivity contribution in [3.63, 3.8) is 0 Å². The molecule has 1 heterocycles. The zero-order valence-electron chi connectivity index (χ0n) is 16.7. The minimum Gasteiger partial charge on any atom is -0.489 e. The monoisotopic (exact) mass is 414 g/mol. The lowest BCUT2D eigenvalue weighted by Gasteiger charge is -2.10. The summed E-state index contributed by atoms with van der Waals surface area (Å²) in [6, 6.07) is 17.8. The topological polar surface area (TPSA) is 56.5 Å². The number of rotatable bonds is 5. The third-order valence-corrected chi connectivity index (χ3v) is 5.66. The van der Waals surface area contributed by atoms with Crippen LogP contribution in [0.3, 0.4) is 0 Å². The van der Waals surface area contributed by atoms with Gasteiger partial charge in [-0.05, 0) is 91.1 Å². The normalized spacial score (nSPS) is 12.7. The Hall–Kier alpha value is -3.73. The molecule has 0 saturated heterocycles. The molecule has 0 atom stereocenters. The van der Waals surface area contributed by atoms with Gasteiger partial charge in [-0.15, -0.1) is 0 Å². The van der Waals surface area contributed by atoms with E-state index in [4.69, 9.17) is 9.15 Å². The molecule has 5 rings (SSSR count). The Kier molecular flexibility index (Phi) is 4.86. The van der Waals surface area contributed by atoms with Crippen molar-refractivity contribution in [1.29, 1.82) is 0 Å². The van der Waals surface area contributed by atoms with Crippen LogP contribution in [0.5, 0.6) is 5.75 Å². The van der Waals surface area contributed by atoms with Gasteiger partial charge in [0.15, 0.2) is 5.78 Å². The summed E-state index contributed by atoms with van der Waals surface area (Å²) in [5, 5.41) is 0.892. The highest BCUT2D eigenvalue weighted by molar-refractivity contribution is 6.09. The highest BCUT2D eigenvalue weighted by Gasteiger charge is 2.15. The van der Waals surface area contributed by atoms with Crippen LogP contribution in [0.2, 0.25) is 0 Å². The molecule has 5 heteroatoms. The van der Waals surface area contributed by atoms with E-state index in [1.807, 2.05) is 6.07 Å². The number of hydrogen-bond acceptors (Lipinski definition) is 4. The van der Waals surface area contributed by atoms with Crippen LogP contribution in [0, 0.1) is 5.82 Å². The van der Waals surface area contributed by atoms with E-state index in [0.717, 1.165) is 30.2 Å². The number of carbonyl (C=O) groups excluding carboxylic acids is 1. The van der Waals surface area contributed by atoms with E-state index < -0.39 is 5.63 Å². The number of halogens is 1. The Labute approximate surface area is 177 Å². The number of hydrogen-bond donors (Lipinski definition) is 0. The highest BCUT2D eigenvalue weighted by Crippen LogP contribution is 2.29. The van der Waals surface area contributed by atoms with Gasteiger partial charge in [-0.3, -0.25) is 4.79 Å². The van der Waals surface area contributed by atoms with Crippen molar-refractivity contribution in [1.82, 2.24) is 0 Å². The molecule has 0 saturated carbocycles. The first-order chi connectivity index (χ1) is 15.1. The van der Waals surface area contributed by atoms with Crippen molar-refractivity contribution >= 4 is 16.8 Å². The third-order valence-electron chi connectivity index (χ3n) is 5.66. The van der Waals surface area contributed by atoms with E-state index >= 15 is 0 Å². The average molecular weight is 414 g/mol. The predicted octanol–water partition coefficient (Wildman–Crippen LogP) is 5.23. The zero-order valence-corrected chi connectivity index (χ0v) is 16.7. The molecule has 0 N–H and O–H groups in total. The summed E-state index contributed by atoms with van der Waals surface area (Å²) in [5.74, 6) is 0.0120. The lowest BCUT2D eigenvalue weighted by molar-refractivity contribution is 0.103. The number of ketones is 1. The van der Waals surface area contributed by atoms with E-state index in [1.165, 1.54) is 41.5 Å². The van der Waals surface area contributed by atoms with E-state index in [0.29, 0.717) is 22.5 Å². The molecule has 3 aromatic carbocycles. The van der Waals surface area contributed by atoms with Crippen molar-refractivity contribution < 1.29 is 18.3 Å². The standard InChI is InChI=1S/C26H19FO4/c27-21-8-4-16(5-9-21)26(29)17-6-10-22(11-7-17)30-15-20-14-25(28)31-24-13-19-3-1-2-18(19)12-23(20)24/h4-14H,1-3,15H2. The van der Waals surface area contributed by atoms with Crippen molar-refractivity contribution in [2.75, 3.05) is 0 Å². The van der Waals surface area contributed by atoms with Gasteiger partial charge < -0.3 is 9.15 Å². The van der Waals surface area contributed by atoms with Gasteiger partial charge in [0, 0.05) is 28.1 Å². The van der Waals surface area contributed by atoms with Gasteiger partial charge in [-0.25, -0.2) is 9.18 Å². The summed E-state index contributed by atoms with van der Waals surface area (Å²) < 4.78 is 24.4. The SMILES string of the molecule is O=C(c1ccc(F)cc1)c1ccc(OCc2cc(=O)oc3cc4c(cc23)CCC4)cc1. The molecule has 31 heavy (non-hydrogen) atoms. The molecule has 0 bridgehead atoms. The maximum atomic E-state index is 13.1. The van der Waals surface area contributed by atoms with Gasteiger partial charge >= 0.3 is 5.63 Å². The lowest BCUT2D eigenvalue weighted by atomic mass is 10.0. The fourth-order valence-corrected chi connectivity index (χ4v) is 4.05. The summed E-state index contributed by atoms with van der Waals surface area (Å²) in [4.78, 5) is 24.5.